The molecule has 0 saturated carbocycles. The average Bonchev–Trinajstić information content (AvgIpc) is 2.88. The van der Waals surface area contributed by atoms with Gasteiger partial charge in [0, 0.05) is 49.5 Å². The zero-order valence-electron chi connectivity index (χ0n) is 25.7. The first-order valence-corrected chi connectivity index (χ1v) is 14.8. The number of fused-ring (bicyclic) bond motifs is 2. The second-order valence-corrected chi connectivity index (χ2v) is 13.0. The molecule has 2 aromatic carbocycles. The molecule has 2 aliphatic heterocycles. The van der Waals surface area contributed by atoms with Crippen LogP contribution in [0.3, 0.4) is 0 Å². The Bertz CT molecular complexity index is 1360. The number of hydrogen-bond acceptors (Lipinski definition) is 6. The predicted octanol–water partition coefficient (Wildman–Crippen LogP) is 4.63. The molecule has 232 valence electrons. The summed E-state index contributed by atoms with van der Waals surface area (Å²) < 4.78 is 19.1. The van der Waals surface area contributed by atoms with Crippen molar-refractivity contribution < 1.29 is 23.5 Å². The average molecular weight is 614 g/mol. The number of piperazine rings is 2. The van der Waals surface area contributed by atoms with Gasteiger partial charge in [0.05, 0.1) is 18.6 Å². The fourth-order valence-corrected chi connectivity index (χ4v) is 5.67. The van der Waals surface area contributed by atoms with Crippen LogP contribution in [-0.2, 0) is 20.9 Å². The molecule has 1 N–H and O–H groups in total. The second-order valence-electron chi connectivity index (χ2n) is 12.6. The first-order valence-electron chi connectivity index (χ1n) is 14.4. The van der Waals surface area contributed by atoms with E-state index in [1.165, 1.54) is 18.2 Å². The molecular formula is C32H41ClFN5O4. The van der Waals surface area contributed by atoms with E-state index in [0.717, 1.165) is 11.1 Å². The van der Waals surface area contributed by atoms with Gasteiger partial charge in [-0.3, -0.25) is 14.5 Å². The lowest BCUT2D eigenvalue weighted by molar-refractivity contribution is -0.140. The van der Waals surface area contributed by atoms with E-state index in [0.29, 0.717) is 49.0 Å². The summed E-state index contributed by atoms with van der Waals surface area (Å²) in [7, 11) is 3.61. The van der Waals surface area contributed by atoms with E-state index >= 15 is 0 Å². The van der Waals surface area contributed by atoms with Crippen molar-refractivity contribution >= 4 is 41.3 Å². The molecule has 2 saturated heterocycles. The predicted molar refractivity (Wildman–Crippen MR) is 166 cm³/mol. The number of nitrogens with zero attached hydrogens (tertiary/aromatic N) is 4. The first kappa shape index (κ1) is 32.4. The molecule has 2 fully saturated rings. The van der Waals surface area contributed by atoms with Crippen molar-refractivity contribution in [3.8, 4) is 0 Å². The molecule has 2 bridgehead atoms. The summed E-state index contributed by atoms with van der Waals surface area (Å²) in [5, 5.41) is 3.40. The molecule has 2 aromatic rings. The molecule has 0 aromatic heterocycles. The fraction of sp³-hybridized carbons (Fsp3) is 0.469. The first-order chi connectivity index (χ1) is 20.2. The van der Waals surface area contributed by atoms with Crippen molar-refractivity contribution in [1.82, 2.24) is 19.6 Å². The van der Waals surface area contributed by atoms with E-state index in [-0.39, 0.29) is 36.3 Å². The second kappa shape index (κ2) is 13.4. The highest BCUT2D eigenvalue weighted by molar-refractivity contribution is 6.31. The molecule has 0 radical (unpaired) electrons. The Hall–Kier alpha value is -3.47. The molecule has 0 aliphatic carbocycles. The molecule has 2 aliphatic rings. The van der Waals surface area contributed by atoms with Crippen LogP contribution in [-0.4, -0.2) is 102 Å². The fourth-order valence-electron chi connectivity index (χ4n) is 5.51. The lowest BCUT2D eigenvalue weighted by Gasteiger charge is -2.52. The van der Waals surface area contributed by atoms with Gasteiger partial charge in [0.15, 0.2) is 0 Å². The van der Waals surface area contributed by atoms with Crippen LogP contribution >= 0.6 is 11.6 Å². The number of carbonyl (C=O) groups excluding carboxylic acids is 3. The number of anilines is 1. The Labute approximate surface area is 258 Å². The summed E-state index contributed by atoms with van der Waals surface area (Å²) in [4.78, 5) is 46.7. The number of ether oxygens (including phenoxy) is 1. The van der Waals surface area contributed by atoms with Crippen LogP contribution in [0.4, 0.5) is 14.9 Å². The van der Waals surface area contributed by atoms with Crippen molar-refractivity contribution in [3.63, 3.8) is 0 Å². The van der Waals surface area contributed by atoms with Gasteiger partial charge in [0.2, 0.25) is 11.8 Å². The molecule has 43 heavy (non-hydrogen) atoms. The minimum atomic E-state index is -0.632. The maximum absolute atomic E-state index is 13.7. The Morgan fingerprint density at radius 1 is 1.07 bits per heavy atom. The monoisotopic (exact) mass is 613 g/mol. The van der Waals surface area contributed by atoms with Gasteiger partial charge in [-0.1, -0.05) is 23.7 Å². The van der Waals surface area contributed by atoms with Crippen molar-refractivity contribution in [2.75, 3.05) is 52.1 Å². The van der Waals surface area contributed by atoms with Gasteiger partial charge in [-0.2, -0.15) is 0 Å². The standard InChI is InChI=1S/C32H41ClFN5O4/c1-21-13-23(28(14-27(21)33)35-29(40)20-36(5)6)9-12-30(41)39-25-16-37(15-22-7-10-24(34)11-8-22)17-26(39)19-38(18-25)31(42)43-32(2,3)4/h7-14,25-26H,15-20H2,1-6H3,(H,35,40). The van der Waals surface area contributed by atoms with Crippen molar-refractivity contribution in [1.29, 1.82) is 0 Å². The van der Waals surface area contributed by atoms with E-state index in [1.54, 1.807) is 48.2 Å². The summed E-state index contributed by atoms with van der Waals surface area (Å²) in [5.74, 6) is -0.662. The van der Waals surface area contributed by atoms with Gasteiger partial charge in [-0.15, -0.1) is 0 Å². The van der Waals surface area contributed by atoms with E-state index in [9.17, 15) is 18.8 Å². The van der Waals surface area contributed by atoms with Crippen LogP contribution in [0.2, 0.25) is 5.02 Å². The van der Waals surface area contributed by atoms with Gasteiger partial charge in [0.1, 0.15) is 11.4 Å². The van der Waals surface area contributed by atoms with Crippen LogP contribution in [0.25, 0.3) is 6.08 Å². The highest BCUT2D eigenvalue weighted by Gasteiger charge is 2.44. The highest BCUT2D eigenvalue weighted by Crippen LogP contribution is 2.29. The summed E-state index contributed by atoms with van der Waals surface area (Å²) in [6.45, 7) is 9.90. The van der Waals surface area contributed by atoms with Crippen LogP contribution in [0, 0.1) is 12.7 Å². The van der Waals surface area contributed by atoms with Gasteiger partial charge >= 0.3 is 6.09 Å². The molecular weight excluding hydrogens is 573 g/mol. The minimum absolute atomic E-state index is 0.182. The van der Waals surface area contributed by atoms with Gasteiger partial charge < -0.3 is 24.8 Å². The normalized spacial score (nSPS) is 19.2. The number of nitrogens with one attached hydrogen (secondary N) is 1. The number of likely N-dealkylation sites (N-methyl/N-ethyl adjacent to an activating group) is 1. The number of benzene rings is 2. The van der Waals surface area contributed by atoms with Crippen LogP contribution in [0.15, 0.2) is 42.5 Å². The maximum Gasteiger partial charge on any atom is 0.410 e. The summed E-state index contributed by atoms with van der Waals surface area (Å²) in [6, 6.07) is 9.40. The van der Waals surface area contributed by atoms with E-state index in [1.807, 2.05) is 38.7 Å². The van der Waals surface area contributed by atoms with Crippen LogP contribution < -0.4 is 5.32 Å². The van der Waals surface area contributed by atoms with Gasteiger partial charge in [-0.05, 0) is 88.8 Å². The smallest absolute Gasteiger partial charge is 0.410 e. The van der Waals surface area contributed by atoms with Gasteiger partial charge in [0.25, 0.3) is 0 Å². The third kappa shape index (κ3) is 8.78. The van der Waals surface area contributed by atoms with Crippen LogP contribution in [0.5, 0.6) is 0 Å². The number of hydrogen-bond donors (Lipinski definition) is 1. The number of carbonyl (C=O) groups is 3. The van der Waals surface area contributed by atoms with Crippen molar-refractivity contribution in [2.45, 2.75) is 51.9 Å². The minimum Gasteiger partial charge on any atom is -0.444 e. The van der Waals surface area contributed by atoms with E-state index < -0.39 is 11.7 Å². The molecule has 2 atom stereocenters. The maximum atomic E-state index is 13.7. The van der Waals surface area contributed by atoms with Gasteiger partial charge in [-0.25, -0.2) is 9.18 Å². The third-order valence-electron chi connectivity index (χ3n) is 7.28. The Morgan fingerprint density at radius 3 is 2.28 bits per heavy atom. The zero-order valence-corrected chi connectivity index (χ0v) is 26.4. The Morgan fingerprint density at radius 2 is 1.70 bits per heavy atom. The quantitative estimate of drug-likeness (QED) is 0.459. The van der Waals surface area contributed by atoms with E-state index in [4.69, 9.17) is 16.3 Å². The van der Waals surface area contributed by atoms with Crippen molar-refractivity contribution in [3.05, 3.63) is 70.0 Å². The number of aryl methyl sites for hydroxylation is 1. The highest BCUT2D eigenvalue weighted by atomic mass is 35.5. The molecule has 2 heterocycles. The third-order valence-corrected chi connectivity index (χ3v) is 7.69. The molecule has 9 nitrogen and oxygen atoms in total. The summed E-state index contributed by atoms with van der Waals surface area (Å²) >= 11 is 6.36. The molecule has 2 unspecified atom stereocenters. The molecule has 3 amide bonds. The lowest BCUT2D eigenvalue weighted by Crippen LogP contribution is -2.70. The molecule has 0 spiro atoms. The zero-order chi connectivity index (χ0) is 31.5. The Kier molecular flexibility index (Phi) is 10.1. The molecule has 4 rings (SSSR count). The molecule has 11 heteroatoms. The summed E-state index contributed by atoms with van der Waals surface area (Å²) in [5.41, 5.74) is 2.35. The number of rotatable bonds is 7. The number of halogens is 2. The SMILES string of the molecule is Cc1cc(C=CC(=O)N2C3CN(Cc4ccc(F)cc4)CC2CN(C(=O)OC(C)(C)C)C3)c(NC(=O)CN(C)C)cc1Cl. The van der Waals surface area contributed by atoms with Crippen molar-refractivity contribution in [2.24, 2.45) is 0 Å². The lowest BCUT2D eigenvalue weighted by atomic mass is 9.99. The summed E-state index contributed by atoms with van der Waals surface area (Å²) in [6.07, 6.45) is 2.82. The largest absolute Gasteiger partial charge is 0.444 e. The Balaban J connectivity index is 1.55. The van der Waals surface area contributed by atoms with E-state index in [2.05, 4.69) is 10.2 Å². The van der Waals surface area contributed by atoms with Crippen LogP contribution in [0.1, 0.15) is 37.5 Å². The topological polar surface area (TPSA) is 85.4 Å². The number of amides is 3.